The van der Waals surface area contributed by atoms with E-state index in [4.69, 9.17) is 16.3 Å². The zero-order valence-electron chi connectivity index (χ0n) is 14.5. The molecular weight excluding hydrogens is 362 g/mol. The van der Waals surface area contributed by atoms with E-state index in [0.29, 0.717) is 37.3 Å². The molecule has 0 amide bonds. The van der Waals surface area contributed by atoms with Gasteiger partial charge in [0.1, 0.15) is 5.16 Å². The van der Waals surface area contributed by atoms with Gasteiger partial charge in [0.25, 0.3) is 0 Å². The second-order valence-electron chi connectivity index (χ2n) is 6.70. The Labute approximate surface area is 155 Å². The average Bonchev–Trinajstić information content (AvgIpc) is 2.62. The number of nitrogens with one attached hydrogen (secondary N) is 1. The number of ether oxygens (including phenoxy) is 1. The minimum atomic E-state index is -3.33. The van der Waals surface area contributed by atoms with E-state index in [1.165, 1.54) is 0 Å². The molecule has 3 heterocycles. The third-order valence-corrected chi connectivity index (χ3v) is 7.13. The van der Waals surface area contributed by atoms with E-state index < -0.39 is 15.3 Å². The predicted molar refractivity (Wildman–Crippen MR) is 99.8 cm³/mol. The van der Waals surface area contributed by atoms with Crippen molar-refractivity contribution in [3.8, 4) is 0 Å². The Bertz CT molecular complexity index is 656. The summed E-state index contributed by atoms with van der Waals surface area (Å²) in [6.45, 7) is 2.84. The molecule has 0 aromatic heterocycles. The summed E-state index contributed by atoms with van der Waals surface area (Å²) in [5, 5.41) is 3.67. The van der Waals surface area contributed by atoms with Gasteiger partial charge in [-0.25, -0.2) is 8.42 Å². The summed E-state index contributed by atoms with van der Waals surface area (Å²) < 4.78 is 30.6. The SMILES string of the molecule is CN1C=CC(C2C=CC=C(Cl)N2CCS(=O)(=O)C2CNCCO2)CC1. The van der Waals surface area contributed by atoms with Crippen molar-refractivity contribution in [1.82, 2.24) is 15.1 Å². The van der Waals surface area contributed by atoms with Crippen LogP contribution in [-0.2, 0) is 14.6 Å². The highest BCUT2D eigenvalue weighted by Crippen LogP contribution is 2.29. The molecule has 1 N–H and O–H groups in total. The highest BCUT2D eigenvalue weighted by atomic mass is 35.5. The molecule has 0 spiro atoms. The first kappa shape index (κ1) is 18.8. The van der Waals surface area contributed by atoms with Crippen molar-refractivity contribution in [1.29, 1.82) is 0 Å². The molecule has 3 aliphatic rings. The van der Waals surface area contributed by atoms with Crippen LogP contribution in [0.25, 0.3) is 0 Å². The Hall–Kier alpha value is -1.02. The number of nitrogens with zero attached hydrogens (tertiary/aromatic N) is 2. The third kappa shape index (κ3) is 4.58. The molecule has 3 aliphatic heterocycles. The molecule has 0 aliphatic carbocycles. The molecule has 1 saturated heterocycles. The predicted octanol–water partition coefficient (Wildman–Crippen LogP) is 1.13. The lowest BCUT2D eigenvalue weighted by Gasteiger charge is -2.39. The molecule has 0 bridgehead atoms. The smallest absolute Gasteiger partial charge is 0.180 e. The standard InChI is InChI=1S/C17H26ClN3O3S/c1-20-8-5-14(6-9-20)15-3-2-4-16(18)21(15)10-12-25(22,23)17-13-19-7-11-24-17/h2-5,8,14-15,17,19H,6-7,9-13H2,1H3. The van der Waals surface area contributed by atoms with Crippen molar-refractivity contribution in [3.63, 3.8) is 0 Å². The Balaban J connectivity index is 1.67. The highest BCUT2D eigenvalue weighted by Gasteiger charge is 2.32. The number of hydrogen-bond acceptors (Lipinski definition) is 6. The lowest BCUT2D eigenvalue weighted by Crippen LogP contribution is -2.47. The summed E-state index contributed by atoms with van der Waals surface area (Å²) in [6, 6.07) is 0.0862. The molecule has 0 radical (unpaired) electrons. The fourth-order valence-electron chi connectivity index (χ4n) is 3.42. The molecule has 3 rings (SSSR count). The zero-order valence-corrected chi connectivity index (χ0v) is 16.0. The van der Waals surface area contributed by atoms with Crippen molar-refractivity contribution < 1.29 is 13.2 Å². The van der Waals surface area contributed by atoms with Gasteiger partial charge >= 0.3 is 0 Å². The largest absolute Gasteiger partial charge is 0.381 e. The quantitative estimate of drug-likeness (QED) is 0.714. The molecule has 6 nitrogen and oxygen atoms in total. The summed E-state index contributed by atoms with van der Waals surface area (Å²) in [7, 11) is -1.28. The molecule has 140 valence electrons. The van der Waals surface area contributed by atoms with Gasteiger partial charge in [-0.1, -0.05) is 29.8 Å². The van der Waals surface area contributed by atoms with Crippen LogP contribution in [0.4, 0.5) is 0 Å². The third-order valence-electron chi connectivity index (χ3n) is 4.93. The van der Waals surface area contributed by atoms with E-state index >= 15 is 0 Å². The van der Waals surface area contributed by atoms with Crippen LogP contribution in [0.2, 0.25) is 0 Å². The fraction of sp³-hybridized carbons (Fsp3) is 0.647. The Morgan fingerprint density at radius 3 is 2.92 bits per heavy atom. The maximum atomic E-state index is 12.6. The summed E-state index contributed by atoms with van der Waals surface area (Å²) in [4.78, 5) is 4.15. The van der Waals surface area contributed by atoms with Crippen molar-refractivity contribution in [3.05, 3.63) is 35.7 Å². The first-order valence-electron chi connectivity index (χ1n) is 8.70. The van der Waals surface area contributed by atoms with Crippen molar-refractivity contribution in [2.75, 3.05) is 45.6 Å². The molecular formula is C17H26ClN3O3S. The normalized spacial score (nSPS) is 30.5. The van der Waals surface area contributed by atoms with Gasteiger partial charge in [-0.3, -0.25) is 0 Å². The van der Waals surface area contributed by atoms with E-state index in [9.17, 15) is 8.42 Å². The molecule has 25 heavy (non-hydrogen) atoms. The summed E-state index contributed by atoms with van der Waals surface area (Å²) in [5.74, 6) is 0.356. The Morgan fingerprint density at radius 2 is 2.24 bits per heavy atom. The molecule has 0 aromatic carbocycles. The monoisotopic (exact) mass is 387 g/mol. The number of rotatable bonds is 5. The van der Waals surface area contributed by atoms with Gasteiger partial charge in [0.2, 0.25) is 0 Å². The minimum Gasteiger partial charge on any atom is -0.381 e. The first-order chi connectivity index (χ1) is 12.0. The van der Waals surface area contributed by atoms with Crippen LogP contribution in [0.3, 0.4) is 0 Å². The topological polar surface area (TPSA) is 61.9 Å². The van der Waals surface area contributed by atoms with Gasteiger partial charge in [0.05, 0.1) is 18.4 Å². The van der Waals surface area contributed by atoms with Crippen LogP contribution >= 0.6 is 11.6 Å². The molecule has 0 saturated carbocycles. The van der Waals surface area contributed by atoms with Gasteiger partial charge < -0.3 is 19.9 Å². The molecule has 0 aromatic rings. The summed E-state index contributed by atoms with van der Waals surface area (Å²) in [6.07, 6.45) is 11.2. The zero-order chi connectivity index (χ0) is 17.9. The van der Waals surface area contributed by atoms with E-state index in [2.05, 4.69) is 35.6 Å². The average molecular weight is 388 g/mol. The van der Waals surface area contributed by atoms with E-state index in [-0.39, 0.29) is 11.8 Å². The lowest BCUT2D eigenvalue weighted by molar-refractivity contribution is 0.0783. The van der Waals surface area contributed by atoms with E-state index in [1.807, 2.05) is 17.1 Å². The van der Waals surface area contributed by atoms with Crippen LogP contribution in [0.1, 0.15) is 6.42 Å². The highest BCUT2D eigenvalue weighted by molar-refractivity contribution is 7.91. The van der Waals surface area contributed by atoms with Crippen molar-refractivity contribution >= 4 is 21.4 Å². The fourth-order valence-corrected chi connectivity index (χ4v) is 5.07. The molecule has 8 heteroatoms. The minimum absolute atomic E-state index is 0.0318. The number of allylic oxidation sites excluding steroid dienone is 2. The maximum Gasteiger partial charge on any atom is 0.180 e. The van der Waals surface area contributed by atoms with Crippen molar-refractivity contribution in [2.24, 2.45) is 5.92 Å². The maximum absolute atomic E-state index is 12.6. The van der Waals surface area contributed by atoms with Crippen molar-refractivity contribution in [2.45, 2.75) is 17.9 Å². The summed E-state index contributed by atoms with van der Waals surface area (Å²) >= 11 is 6.40. The van der Waals surface area contributed by atoms with Gasteiger partial charge in [0, 0.05) is 39.1 Å². The van der Waals surface area contributed by atoms with Crippen LogP contribution in [-0.4, -0.2) is 75.3 Å². The number of sulfone groups is 1. The Morgan fingerprint density at radius 1 is 1.40 bits per heavy atom. The van der Waals surface area contributed by atoms with Gasteiger partial charge in [-0.15, -0.1) is 0 Å². The van der Waals surface area contributed by atoms with Gasteiger partial charge in [-0.05, 0) is 18.7 Å². The van der Waals surface area contributed by atoms with Crippen LogP contribution in [0.5, 0.6) is 0 Å². The van der Waals surface area contributed by atoms with Crippen LogP contribution in [0.15, 0.2) is 35.7 Å². The van der Waals surface area contributed by atoms with E-state index in [1.54, 1.807) is 0 Å². The lowest BCUT2D eigenvalue weighted by atomic mass is 9.91. The second kappa shape index (κ2) is 8.12. The van der Waals surface area contributed by atoms with Gasteiger partial charge in [0.15, 0.2) is 15.3 Å². The number of morpholine rings is 1. The second-order valence-corrected chi connectivity index (χ2v) is 9.35. The van der Waals surface area contributed by atoms with Crippen LogP contribution in [0, 0.1) is 5.92 Å². The van der Waals surface area contributed by atoms with Gasteiger partial charge in [-0.2, -0.15) is 0 Å². The first-order valence-corrected chi connectivity index (χ1v) is 10.8. The molecule has 3 unspecified atom stereocenters. The summed E-state index contributed by atoms with van der Waals surface area (Å²) in [5.41, 5.74) is -0.758. The van der Waals surface area contributed by atoms with E-state index in [0.717, 1.165) is 13.0 Å². The molecule has 1 fully saturated rings. The molecule has 3 atom stereocenters. The number of hydrogen-bond donors (Lipinski definition) is 1. The van der Waals surface area contributed by atoms with Crippen LogP contribution < -0.4 is 5.32 Å². The number of halogens is 1. The Kier molecular flexibility index (Phi) is 6.09.